The largest absolute Gasteiger partial charge is 0.453 e. The van der Waals surface area contributed by atoms with Gasteiger partial charge < -0.3 is 15.4 Å². The summed E-state index contributed by atoms with van der Waals surface area (Å²) in [5.41, 5.74) is 0.147. The molecule has 0 radical (unpaired) electrons. The second-order valence-electron chi connectivity index (χ2n) is 9.13. The molecule has 2 aromatic heterocycles. The number of aromatic nitrogens is 4. The lowest BCUT2D eigenvalue weighted by Crippen LogP contribution is -2.37. The van der Waals surface area contributed by atoms with Crippen LogP contribution in [-0.4, -0.2) is 74.5 Å². The van der Waals surface area contributed by atoms with E-state index >= 15 is 4.39 Å². The van der Waals surface area contributed by atoms with Crippen LogP contribution in [0.1, 0.15) is 26.8 Å². The lowest BCUT2D eigenvalue weighted by Gasteiger charge is -2.19. The maximum atomic E-state index is 16.0. The number of carbonyl (C=O) groups excluding carboxylic acids is 1. The fraction of sp³-hybridized carbons (Fsp3) is 0.391. The quantitative estimate of drug-likeness (QED) is 0.272. The predicted octanol–water partition coefficient (Wildman–Crippen LogP) is 2.87. The first-order valence-corrected chi connectivity index (χ1v) is 15.4. The summed E-state index contributed by atoms with van der Waals surface area (Å²) < 4.78 is 70.0. The maximum Gasteiger partial charge on any atom is 0.407 e. The molecule has 1 atom stereocenters. The number of sulfone groups is 1. The molecule has 1 amide bonds. The van der Waals surface area contributed by atoms with E-state index in [0.717, 1.165) is 12.3 Å². The summed E-state index contributed by atoms with van der Waals surface area (Å²) in [4.78, 5) is 20.1. The molecule has 0 saturated heterocycles. The van der Waals surface area contributed by atoms with Gasteiger partial charge in [-0.15, -0.1) is 0 Å². The molecule has 3 rings (SSSR count). The van der Waals surface area contributed by atoms with Gasteiger partial charge in [-0.3, -0.25) is 8.99 Å². The Kier molecular flexibility index (Phi) is 9.92. The fourth-order valence-electron chi connectivity index (χ4n) is 3.55. The Bertz CT molecular complexity index is 1570. The lowest BCUT2D eigenvalue weighted by atomic mass is 10.0. The van der Waals surface area contributed by atoms with Crippen molar-refractivity contribution in [2.24, 2.45) is 0 Å². The molecule has 2 N–H and O–H groups in total. The first-order valence-electron chi connectivity index (χ1n) is 11.8. The van der Waals surface area contributed by atoms with Gasteiger partial charge in [0.15, 0.2) is 15.7 Å². The second kappa shape index (κ2) is 12.8. The number of ether oxygens (including phenoxy) is 1. The first kappa shape index (κ1) is 31.0. The molecule has 218 valence electrons. The minimum Gasteiger partial charge on any atom is -0.453 e. The molecule has 0 saturated carbocycles. The number of benzene rings is 1. The van der Waals surface area contributed by atoms with Crippen molar-refractivity contribution in [3.63, 3.8) is 0 Å². The van der Waals surface area contributed by atoms with Gasteiger partial charge in [-0.05, 0) is 39.0 Å². The summed E-state index contributed by atoms with van der Waals surface area (Å²) in [6.45, 7) is 5.74. The van der Waals surface area contributed by atoms with E-state index in [2.05, 4.69) is 30.4 Å². The normalized spacial score (nSPS) is 12.4. The second-order valence-corrected chi connectivity index (χ2v) is 12.6. The highest BCUT2D eigenvalue weighted by atomic mass is 35.5. The van der Waals surface area contributed by atoms with Gasteiger partial charge >= 0.3 is 6.09 Å². The first-order chi connectivity index (χ1) is 18.7. The number of rotatable bonds is 11. The molecule has 40 heavy (non-hydrogen) atoms. The molecule has 3 aromatic rings. The molecule has 1 unspecified atom stereocenters. The number of anilines is 2. The van der Waals surface area contributed by atoms with Gasteiger partial charge in [-0.2, -0.15) is 5.10 Å². The van der Waals surface area contributed by atoms with E-state index < -0.39 is 44.2 Å². The number of hydrogen-bond donors (Lipinski definition) is 3. The highest BCUT2D eigenvalue weighted by Crippen LogP contribution is 2.38. The van der Waals surface area contributed by atoms with E-state index in [1.165, 1.54) is 19.4 Å². The van der Waals surface area contributed by atoms with Crippen LogP contribution in [0.25, 0.3) is 22.5 Å². The number of nitrogens with zero attached hydrogens (tertiary/aromatic N) is 5. The minimum absolute atomic E-state index is 0.0380. The molecular weight excluding hydrogens is 589 g/mol. The zero-order chi connectivity index (χ0) is 29.8. The third kappa shape index (κ3) is 7.79. The summed E-state index contributed by atoms with van der Waals surface area (Å²) in [6.07, 6.45) is 3.37. The Morgan fingerprint density at radius 1 is 1.25 bits per heavy atom. The number of methoxy groups -OCH3 is 1. The maximum absolute atomic E-state index is 16.0. The minimum atomic E-state index is -3.85. The average molecular weight is 618 g/mol. The van der Waals surface area contributed by atoms with Gasteiger partial charge in [-0.25, -0.2) is 36.0 Å². The molecular formula is C23H29ClFN7O6S2. The van der Waals surface area contributed by atoms with Crippen LogP contribution in [0.3, 0.4) is 0 Å². The van der Waals surface area contributed by atoms with Gasteiger partial charge in [0.05, 0.1) is 18.5 Å². The smallest absolute Gasteiger partial charge is 0.407 e. The van der Waals surface area contributed by atoms with Gasteiger partial charge in [-0.1, -0.05) is 11.6 Å². The van der Waals surface area contributed by atoms with Gasteiger partial charge in [0.25, 0.3) is 0 Å². The molecule has 0 aliphatic carbocycles. The molecule has 0 aliphatic rings. The van der Waals surface area contributed by atoms with Gasteiger partial charge in [0, 0.05) is 53.4 Å². The highest BCUT2D eigenvalue weighted by molar-refractivity contribution is 7.91. The summed E-state index contributed by atoms with van der Waals surface area (Å²) in [5.74, 6) is -1.79. The monoisotopic (exact) mass is 617 g/mol. The van der Waals surface area contributed by atoms with Crippen LogP contribution >= 0.6 is 11.6 Å². The number of thiol groups is 1. The standard InChI is InChI=1S/C23H29ClFN7O6S2/c1-13(2)31-11-17(18-6-7-26-22(29-18)27-10-14(3)28-23(33)38-4)21(30-31)16-8-15(24)9-19(20(16)25)32(39(34)35)12-40(5,36)37/h6-9,11,13-14,39H,10,12H2,1-5H3,(H,28,33)(H,26,27,29). The van der Waals surface area contributed by atoms with E-state index in [-0.39, 0.29) is 40.9 Å². The van der Waals surface area contributed by atoms with Gasteiger partial charge in [0.1, 0.15) is 11.6 Å². The van der Waals surface area contributed by atoms with Crippen molar-refractivity contribution in [1.29, 1.82) is 0 Å². The number of halogens is 2. The topological polar surface area (TPSA) is 165 Å². The SMILES string of the molecule is COC(=O)NC(C)CNc1nccc(-c2cn(C(C)C)nc2-c2cc(Cl)cc(N(CS(C)(=O)=O)[SH](=O)=O)c2F)n1. The molecule has 0 spiro atoms. The number of alkyl carbamates (subject to hydrolysis) is 1. The predicted molar refractivity (Wildman–Crippen MR) is 150 cm³/mol. The average Bonchev–Trinajstić information content (AvgIpc) is 3.32. The number of carbonyl (C=O) groups is 1. The highest BCUT2D eigenvalue weighted by Gasteiger charge is 2.26. The third-order valence-corrected chi connectivity index (χ3v) is 7.30. The molecule has 13 nitrogen and oxygen atoms in total. The van der Waals surface area contributed by atoms with Crippen molar-refractivity contribution in [1.82, 2.24) is 25.1 Å². The molecule has 0 fully saturated rings. The van der Waals surface area contributed by atoms with Crippen molar-refractivity contribution < 1.29 is 30.8 Å². The Hall–Kier alpha value is -3.50. The fourth-order valence-corrected chi connectivity index (χ4v) is 5.68. The summed E-state index contributed by atoms with van der Waals surface area (Å²) in [5, 5.41) is 10.1. The van der Waals surface area contributed by atoms with Crippen molar-refractivity contribution in [3.8, 4) is 22.5 Å². The number of hydrogen-bond acceptors (Lipinski definition) is 10. The van der Waals surface area contributed by atoms with Crippen molar-refractivity contribution in [3.05, 3.63) is 41.4 Å². The molecule has 0 aliphatic heterocycles. The van der Waals surface area contributed by atoms with Crippen molar-refractivity contribution in [2.75, 3.05) is 35.4 Å². The molecule has 17 heteroatoms. The van der Waals surface area contributed by atoms with Crippen molar-refractivity contribution in [2.45, 2.75) is 32.9 Å². The Balaban J connectivity index is 2.10. The van der Waals surface area contributed by atoms with Crippen LogP contribution < -0.4 is 14.9 Å². The van der Waals surface area contributed by atoms with E-state index in [0.29, 0.717) is 15.6 Å². The van der Waals surface area contributed by atoms with E-state index in [1.807, 2.05) is 13.8 Å². The van der Waals surface area contributed by atoms with Crippen LogP contribution in [0.2, 0.25) is 5.02 Å². The van der Waals surface area contributed by atoms with E-state index in [4.69, 9.17) is 11.6 Å². The number of nitrogens with one attached hydrogen (secondary N) is 2. The van der Waals surface area contributed by atoms with Crippen LogP contribution in [0.5, 0.6) is 0 Å². The molecule has 0 bridgehead atoms. The van der Waals surface area contributed by atoms with E-state index in [1.54, 1.807) is 23.9 Å². The molecule has 2 heterocycles. The van der Waals surface area contributed by atoms with Crippen molar-refractivity contribution >= 4 is 50.1 Å². The van der Waals surface area contributed by atoms with Crippen LogP contribution in [-0.2, 0) is 25.5 Å². The molecule has 1 aromatic carbocycles. The van der Waals surface area contributed by atoms with Crippen LogP contribution in [0.4, 0.5) is 20.8 Å². The zero-order valence-electron chi connectivity index (χ0n) is 22.3. The summed E-state index contributed by atoms with van der Waals surface area (Å²) in [6, 6.07) is 3.43. The Morgan fingerprint density at radius 3 is 2.55 bits per heavy atom. The zero-order valence-corrected chi connectivity index (χ0v) is 24.7. The summed E-state index contributed by atoms with van der Waals surface area (Å²) >= 11 is 6.25. The van der Waals surface area contributed by atoms with Gasteiger partial charge in [0.2, 0.25) is 16.8 Å². The van der Waals surface area contributed by atoms with Crippen LogP contribution in [0, 0.1) is 5.82 Å². The lowest BCUT2D eigenvalue weighted by molar-refractivity contribution is 0.168. The number of amides is 1. The Labute approximate surface area is 237 Å². The Morgan fingerprint density at radius 2 is 1.95 bits per heavy atom. The van der Waals surface area contributed by atoms with Crippen LogP contribution in [0.15, 0.2) is 30.6 Å². The van der Waals surface area contributed by atoms with E-state index in [9.17, 15) is 21.6 Å². The summed E-state index contributed by atoms with van der Waals surface area (Å²) in [7, 11) is -6.12. The third-order valence-electron chi connectivity index (χ3n) is 5.41.